The molecule has 5 nitrogen and oxygen atoms in total. The SMILES string of the molecule is CC(C)(C)OC(=O)CCCCC(=O)ON. The zero-order valence-electron chi connectivity index (χ0n) is 9.54. The van der Waals surface area contributed by atoms with Crippen molar-refractivity contribution >= 4 is 11.9 Å². The molecule has 0 aromatic rings. The minimum absolute atomic E-state index is 0.235. The van der Waals surface area contributed by atoms with E-state index in [9.17, 15) is 9.59 Å². The Morgan fingerprint density at radius 1 is 1.07 bits per heavy atom. The molecular weight excluding hydrogens is 198 g/mol. The summed E-state index contributed by atoms with van der Waals surface area (Å²) in [5.74, 6) is 3.95. The molecule has 0 aliphatic heterocycles. The second-order valence-electron chi connectivity index (χ2n) is 4.28. The highest BCUT2D eigenvalue weighted by atomic mass is 16.7. The van der Waals surface area contributed by atoms with E-state index in [0.717, 1.165) is 0 Å². The molecular formula is C10H19NO4. The van der Waals surface area contributed by atoms with Crippen molar-refractivity contribution in [3.63, 3.8) is 0 Å². The van der Waals surface area contributed by atoms with Crippen LogP contribution in [0.4, 0.5) is 0 Å². The molecule has 0 atom stereocenters. The molecule has 0 saturated heterocycles. The molecule has 0 radical (unpaired) electrons. The molecule has 0 bridgehead atoms. The summed E-state index contributed by atoms with van der Waals surface area (Å²) >= 11 is 0. The maximum atomic E-state index is 11.2. The van der Waals surface area contributed by atoms with Crippen molar-refractivity contribution in [1.29, 1.82) is 0 Å². The van der Waals surface area contributed by atoms with Gasteiger partial charge in [-0.1, -0.05) is 0 Å². The van der Waals surface area contributed by atoms with E-state index in [2.05, 4.69) is 10.7 Å². The molecule has 15 heavy (non-hydrogen) atoms. The number of rotatable bonds is 5. The van der Waals surface area contributed by atoms with Crippen LogP contribution in [0.15, 0.2) is 0 Å². The normalized spacial score (nSPS) is 10.9. The Hall–Kier alpha value is -1.10. The van der Waals surface area contributed by atoms with Gasteiger partial charge in [-0.05, 0) is 33.6 Å². The highest BCUT2D eigenvalue weighted by Crippen LogP contribution is 2.10. The number of ether oxygens (including phenoxy) is 1. The van der Waals surface area contributed by atoms with Gasteiger partial charge in [0, 0.05) is 12.8 Å². The quantitative estimate of drug-likeness (QED) is 0.426. The lowest BCUT2D eigenvalue weighted by molar-refractivity contribution is -0.155. The summed E-state index contributed by atoms with van der Waals surface area (Å²) in [6.45, 7) is 5.45. The predicted molar refractivity (Wildman–Crippen MR) is 54.6 cm³/mol. The molecule has 5 heteroatoms. The summed E-state index contributed by atoms with van der Waals surface area (Å²) in [6, 6.07) is 0. The third-order valence-corrected chi connectivity index (χ3v) is 1.56. The first-order valence-corrected chi connectivity index (χ1v) is 4.96. The Morgan fingerprint density at radius 3 is 1.93 bits per heavy atom. The van der Waals surface area contributed by atoms with Gasteiger partial charge >= 0.3 is 11.9 Å². The second-order valence-corrected chi connectivity index (χ2v) is 4.28. The third kappa shape index (κ3) is 9.21. The minimum Gasteiger partial charge on any atom is -0.460 e. The van der Waals surface area contributed by atoms with E-state index in [4.69, 9.17) is 4.74 Å². The Bertz CT molecular complexity index is 220. The van der Waals surface area contributed by atoms with Crippen LogP contribution in [0.25, 0.3) is 0 Å². The van der Waals surface area contributed by atoms with Crippen LogP contribution in [0.5, 0.6) is 0 Å². The largest absolute Gasteiger partial charge is 0.460 e. The van der Waals surface area contributed by atoms with Crippen molar-refractivity contribution in [2.24, 2.45) is 5.90 Å². The van der Waals surface area contributed by atoms with Gasteiger partial charge in [0.1, 0.15) is 5.60 Å². The Labute approximate surface area is 89.9 Å². The maximum Gasteiger partial charge on any atom is 0.324 e. The first-order valence-electron chi connectivity index (χ1n) is 4.96. The fourth-order valence-corrected chi connectivity index (χ4v) is 0.990. The average molecular weight is 217 g/mol. The van der Waals surface area contributed by atoms with E-state index in [1.807, 2.05) is 20.8 Å². The third-order valence-electron chi connectivity index (χ3n) is 1.56. The molecule has 0 spiro atoms. The number of carbonyl (C=O) groups is 2. The second kappa shape index (κ2) is 6.40. The van der Waals surface area contributed by atoms with Crippen LogP contribution in [0.3, 0.4) is 0 Å². The zero-order chi connectivity index (χ0) is 11.9. The van der Waals surface area contributed by atoms with E-state index in [1.54, 1.807) is 0 Å². The van der Waals surface area contributed by atoms with Crippen molar-refractivity contribution in [3.8, 4) is 0 Å². The van der Waals surface area contributed by atoms with Crippen molar-refractivity contribution < 1.29 is 19.2 Å². The Kier molecular flexibility index (Phi) is 5.93. The lowest BCUT2D eigenvalue weighted by Crippen LogP contribution is -2.23. The van der Waals surface area contributed by atoms with Crippen molar-refractivity contribution in [1.82, 2.24) is 0 Å². The van der Waals surface area contributed by atoms with Crippen molar-refractivity contribution in [3.05, 3.63) is 0 Å². The van der Waals surface area contributed by atoms with Gasteiger partial charge in [-0.2, -0.15) is 5.90 Å². The Balaban J connectivity index is 3.52. The van der Waals surface area contributed by atoms with E-state index >= 15 is 0 Å². The minimum atomic E-state index is -0.459. The maximum absolute atomic E-state index is 11.2. The number of hydrogen-bond acceptors (Lipinski definition) is 5. The number of nitrogens with two attached hydrogens (primary N) is 1. The molecule has 0 aliphatic carbocycles. The summed E-state index contributed by atoms with van der Waals surface area (Å²) in [6.07, 6.45) is 1.73. The molecule has 0 heterocycles. The van der Waals surface area contributed by atoms with Crippen molar-refractivity contribution in [2.45, 2.75) is 52.1 Å². The van der Waals surface area contributed by atoms with Crippen LogP contribution in [-0.4, -0.2) is 17.5 Å². The highest BCUT2D eigenvalue weighted by molar-refractivity contribution is 5.70. The Morgan fingerprint density at radius 2 is 1.53 bits per heavy atom. The fraction of sp³-hybridized carbons (Fsp3) is 0.800. The van der Waals surface area contributed by atoms with Gasteiger partial charge in [0.25, 0.3) is 0 Å². The predicted octanol–water partition coefficient (Wildman–Crippen LogP) is 1.31. The lowest BCUT2D eigenvalue weighted by Gasteiger charge is -2.19. The van der Waals surface area contributed by atoms with Crippen LogP contribution in [-0.2, 0) is 19.2 Å². The number of unbranched alkanes of at least 4 members (excludes halogenated alkanes) is 1. The smallest absolute Gasteiger partial charge is 0.324 e. The monoisotopic (exact) mass is 217 g/mol. The van der Waals surface area contributed by atoms with Gasteiger partial charge in [0.2, 0.25) is 0 Å². The summed E-state index contributed by atoms with van der Waals surface area (Å²) in [4.78, 5) is 25.8. The van der Waals surface area contributed by atoms with Crippen LogP contribution in [0.2, 0.25) is 0 Å². The lowest BCUT2D eigenvalue weighted by atomic mass is 10.1. The van der Waals surface area contributed by atoms with E-state index < -0.39 is 11.6 Å². The number of hydrogen-bond donors (Lipinski definition) is 1. The first kappa shape index (κ1) is 13.9. The van der Waals surface area contributed by atoms with Gasteiger partial charge < -0.3 is 9.57 Å². The summed E-state index contributed by atoms with van der Waals surface area (Å²) in [5.41, 5.74) is -0.451. The standard InChI is InChI=1S/C10H19NO4/c1-10(2,3)14-8(12)6-4-5-7-9(13)15-11/h4-7,11H2,1-3H3. The summed E-state index contributed by atoms with van der Waals surface area (Å²) < 4.78 is 5.09. The van der Waals surface area contributed by atoms with E-state index in [0.29, 0.717) is 19.3 Å². The molecule has 0 unspecified atom stereocenters. The number of esters is 1. The van der Waals surface area contributed by atoms with E-state index in [1.165, 1.54) is 0 Å². The first-order chi connectivity index (χ1) is 6.85. The summed E-state index contributed by atoms with van der Waals surface area (Å²) in [5, 5.41) is 0. The molecule has 0 amide bonds. The van der Waals surface area contributed by atoms with Crippen LogP contribution < -0.4 is 5.90 Å². The van der Waals surface area contributed by atoms with Gasteiger partial charge in [-0.15, -0.1) is 0 Å². The molecule has 0 aromatic carbocycles. The zero-order valence-corrected chi connectivity index (χ0v) is 9.54. The van der Waals surface area contributed by atoms with Gasteiger partial charge in [-0.25, -0.2) is 0 Å². The molecule has 0 aromatic heterocycles. The molecule has 88 valence electrons. The highest BCUT2D eigenvalue weighted by Gasteiger charge is 2.15. The van der Waals surface area contributed by atoms with Gasteiger partial charge in [-0.3, -0.25) is 9.59 Å². The average Bonchev–Trinajstić information content (AvgIpc) is 2.09. The van der Waals surface area contributed by atoms with E-state index in [-0.39, 0.29) is 12.4 Å². The van der Waals surface area contributed by atoms with Crippen molar-refractivity contribution in [2.75, 3.05) is 0 Å². The van der Waals surface area contributed by atoms with Crippen LogP contribution in [0.1, 0.15) is 46.5 Å². The van der Waals surface area contributed by atoms with Gasteiger partial charge in [0.05, 0.1) is 0 Å². The summed E-state index contributed by atoms with van der Waals surface area (Å²) in [7, 11) is 0. The molecule has 0 aliphatic rings. The topological polar surface area (TPSA) is 78.6 Å². The molecule has 0 rings (SSSR count). The fourth-order valence-electron chi connectivity index (χ4n) is 0.990. The number of carbonyl (C=O) groups excluding carboxylic acids is 2. The van der Waals surface area contributed by atoms with Crippen LogP contribution in [0, 0.1) is 0 Å². The molecule has 0 fully saturated rings. The van der Waals surface area contributed by atoms with Gasteiger partial charge in [0.15, 0.2) is 0 Å². The molecule has 0 saturated carbocycles. The van der Waals surface area contributed by atoms with Crippen LogP contribution >= 0.6 is 0 Å². The molecule has 2 N–H and O–H groups in total.